The van der Waals surface area contributed by atoms with E-state index in [0.29, 0.717) is 11.9 Å². The van der Waals surface area contributed by atoms with Crippen molar-refractivity contribution >= 4 is 11.8 Å². The average molecular weight is 411 g/mol. The van der Waals surface area contributed by atoms with Gasteiger partial charge in [-0.2, -0.15) is 0 Å². The highest BCUT2D eigenvalue weighted by Gasteiger charge is 2.56. The quantitative estimate of drug-likeness (QED) is 0.662. The molecule has 0 aromatic heterocycles. The zero-order valence-electron chi connectivity index (χ0n) is 16.2. The maximum atomic E-state index is 14.9. The number of fused-ring (bicyclic) bond motifs is 5. The first-order valence-corrected chi connectivity index (χ1v) is 11.2. The Morgan fingerprint density at radius 2 is 1.96 bits per heavy atom. The second-order valence-electron chi connectivity index (χ2n) is 8.45. The Bertz CT molecular complexity index is 720. The summed E-state index contributed by atoms with van der Waals surface area (Å²) in [7, 11) is 0. The molecule has 0 bridgehead atoms. The molecule has 154 valence electrons. The number of halogens is 2. The zero-order valence-corrected chi connectivity index (χ0v) is 17.0. The largest absolute Gasteiger partial charge is 0.381 e. The van der Waals surface area contributed by atoms with Gasteiger partial charge in [-0.3, -0.25) is 4.90 Å². The minimum Gasteiger partial charge on any atom is -0.381 e. The van der Waals surface area contributed by atoms with Gasteiger partial charge in [0.2, 0.25) is 0 Å². The summed E-state index contributed by atoms with van der Waals surface area (Å²) in [6.07, 6.45) is 2.36. The van der Waals surface area contributed by atoms with Crippen LogP contribution in [0.25, 0.3) is 0 Å². The Labute approximate surface area is 168 Å². The minimum atomic E-state index is -0.465. The highest BCUT2D eigenvalue weighted by Crippen LogP contribution is 2.54. The summed E-state index contributed by atoms with van der Waals surface area (Å²) in [6, 6.07) is 3.83. The van der Waals surface area contributed by atoms with Gasteiger partial charge in [0.05, 0.1) is 24.3 Å². The summed E-state index contributed by atoms with van der Waals surface area (Å²) in [4.78, 5) is 2.46. The molecule has 1 aromatic rings. The van der Waals surface area contributed by atoms with Crippen LogP contribution in [0.4, 0.5) is 8.78 Å². The summed E-state index contributed by atoms with van der Waals surface area (Å²) in [5.74, 6) is -0.593. The van der Waals surface area contributed by atoms with E-state index in [1.165, 1.54) is 18.2 Å². The van der Waals surface area contributed by atoms with Crippen LogP contribution in [0.2, 0.25) is 0 Å². The second-order valence-corrected chi connectivity index (χ2v) is 9.81. The lowest BCUT2D eigenvalue weighted by Crippen LogP contribution is -2.51. The van der Waals surface area contributed by atoms with Crippen molar-refractivity contribution in [1.29, 1.82) is 0 Å². The molecule has 0 saturated carbocycles. The van der Waals surface area contributed by atoms with E-state index in [-0.39, 0.29) is 47.2 Å². The van der Waals surface area contributed by atoms with Gasteiger partial charge in [0.25, 0.3) is 0 Å². The van der Waals surface area contributed by atoms with Gasteiger partial charge in [0, 0.05) is 41.3 Å². The fraction of sp³-hybridized carbons (Fsp3) is 0.700. The Morgan fingerprint density at radius 1 is 1.18 bits per heavy atom. The Kier molecular flexibility index (Phi) is 5.13. The van der Waals surface area contributed by atoms with Crippen molar-refractivity contribution in [1.82, 2.24) is 21.1 Å². The van der Waals surface area contributed by atoms with Gasteiger partial charge in [0.15, 0.2) is 0 Å². The maximum absolute atomic E-state index is 14.9. The molecule has 3 N–H and O–H groups in total. The molecule has 1 aromatic carbocycles. The van der Waals surface area contributed by atoms with Crippen LogP contribution in [0.3, 0.4) is 0 Å². The smallest absolute Gasteiger partial charge is 0.130 e. The number of benzene rings is 1. The van der Waals surface area contributed by atoms with E-state index in [1.807, 2.05) is 11.8 Å². The van der Waals surface area contributed by atoms with Crippen LogP contribution in [0, 0.1) is 23.5 Å². The van der Waals surface area contributed by atoms with E-state index in [2.05, 4.69) is 34.9 Å². The summed E-state index contributed by atoms with van der Waals surface area (Å²) in [6.45, 7) is 5.67. The third kappa shape index (κ3) is 3.00. The van der Waals surface area contributed by atoms with Crippen molar-refractivity contribution in [2.45, 2.75) is 61.7 Å². The molecule has 8 atom stereocenters. The first-order valence-electron chi connectivity index (χ1n) is 10.3. The standard InChI is InChI=1S/C20H28F2N4OS/c1-10-19-25-24-11(2)26(19)20-16(12-9-27-8-4-7-15(12)28-20)18(23-10)17-13(21)5-3-6-14(17)22/h3,5-6,10-12,15-16,18-20,23-25H,4,7-9H2,1-2H3/t10-,11?,12?,15?,16?,18?,19?,20?/m0/s1. The highest BCUT2D eigenvalue weighted by atomic mass is 32.2. The van der Waals surface area contributed by atoms with E-state index in [1.54, 1.807) is 0 Å². The first-order chi connectivity index (χ1) is 13.6. The lowest BCUT2D eigenvalue weighted by Gasteiger charge is -2.35. The fourth-order valence-electron chi connectivity index (χ4n) is 5.54. The molecule has 28 heavy (non-hydrogen) atoms. The third-order valence-electron chi connectivity index (χ3n) is 6.82. The monoisotopic (exact) mass is 410 g/mol. The molecule has 0 amide bonds. The van der Waals surface area contributed by atoms with E-state index >= 15 is 0 Å². The van der Waals surface area contributed by atoms with Crippen LogP contribution in [0.5, 0.6) is 0 Å². The Hall–Kier alpha value is -0.770. The van der Waals surface area contributed by atoms with E-state index in [9.17, 15) is 8.78 Å². The van der Waals surface area contributed by atoms with Crippen LogP contribution in [-0.2, 0) is 4.74 Å². The maximum Gasteiger partial charge on any atom is 0.130 e. The number of rotatable bonds is 1. The van der Waals surface area contributed by atoms with Crippen molar-refractivity contribution in [2.24, 2.45) is 11.8 Å². The molecule has 4 saturated heterocycles. The van der Waals surface area contributed by atoms with Crippen molar-refractivity contribution in [2.75, 3.05) is 13.2 Å². The number of ether oxygens (including phenoxy) is 1. The van der Waals surface area contributed by atoms with Crippen LogP contribution >= 0.6 is 11.8 Å². The molecule has 0 radical (unpaired) electrons. The van der Waals surface area contributed by atoms with E-state index in [4.69, 9.17) is 4.74 Å². The normalized spacial score (nSPS) is 43.7. The molecular weight excluding hydrogens is 382 g/mol. The highest BCUT2D eigenvalue weighted by molar-refractivity contribution is 8.00. The summed E-state index contributed by atoms with van der Waals surface area (Å²) >= 11 is 1.98. The van der Waals surface area contributed by atoms with Crippen LogP contribution in [-0.4, -0.2) is 47.1 Å². The molecule has 4 heterocycles. The van der Waals surface area contributed by atoms with Crippen LogP contribution in [0.1, 0.15) is 38.3 Å². The molecular formula is C20H28F2N4OS. The van der Waals surface area contributed by atoms with Crippen molar-refractivity contribution < 1.29 is 13.5 Å². The number of hydrogen-bond donors (Lipinski definition) is 3. The fourth-order valence-corrected chi connectivity index (χ4v) is 7.66. The van der Waals surface area contributed by atoms with Crippen LogP contribution < -0.4 is 16.2 Å². The molecule has 4 aliphatic rings. The van der Waals surface area contributed by atoms with Gasteiger partial charge in [0.1, 0.15) is 11.6 Å². The molecule has 0 spiro atoms. The molecule has 5 nitrogen and oxygen atoms in total. The lowest BCUT2D eigenvalue weighted by atomic mass is 9.80. The summed E-state index contributed by atoms with van der Waals surface area (Å²) in [5.41, 5.74) is 6.91. The number of hydrogen-bond acceptors (Lipinski definition) is 6. The van der Waals surface area contributed by atoms with Crippen molar-refractivity contribution in [3.05, 3.63) is 35.4 Å². The molecule has 4 aliphatic heterocycles. The van der Waals surface area contributed by atoms with Gasteiger partial charge >= 0.3 is 0 Å². The Balaban J connectivity index is 1.62. The third-order valence-corrected chi connectivity index (χ3v) is 8.59. The number of hydrazine groups is 1. The molecule has 5 rings (SSSR count). The van der Waals surface area contributed by atoms with Gasteiger partial charge in [-0.25, -0.2) is 19.6 Å². The molecule has 7 unspecified atom stereocenters. The van der Waals surface area contributed by atoms with Crippen LogP contribution in [0.15, 0.2) is 18.2 Å². The van der Waals surface area contributed by atoms with Gasteiger partial charge in [-0.1, -0.05) is 6.07 Å². The minimum absolute atomic E-state index is 0.0257. The van der Waals surface area contributed by atoms with E-state index < -0.39 is 11.6 Å². The molecule has 4 fully saturated rings. The number of nitrogens with one attached hydrogen (secondary N) is 3. The van der Waals surface area contributed by atoms with Gasteiger partial charge < -0.3 is 10.1 Å². The SMILES string of the molecule is CC1NNC2[C@H](C)NC(c3c(F)cccc3F)C3C4COCCCC4SC3N12. The summed E-state index contributed by atoms with van der Waals surface area (Å²) in [5, 5.41) is 4.22. The van der Waals surface area contributed by atoms with E-state index in [0.717, 1.165) is 19.4 Å². The number of nitrogens with zero attached hydrogens (tertiary/aromatic N) is 1. The Morgan fingerprint density at radius 3 is 2.75 bits per heavy atom. The van der Waals surface area contributed by atoms with Gasteiger partial charge in [-0.05, 0) is 38.8 Å². The molecule has 8 heteroatoms. The predicted molar refractivity (Wildman–Crippen MR) is 105 cm³/mol. The molecule has 0 aliphatic carbocycles. The van der Waals surface area contributed by atoms with Gasteiger partial charge in [-0.15, -0.1) is 11.8 Å². The first kappa shape index (κ1) is 19.2. The van der Waals surface area contributed by atoms with Crippen molar-refractivity contribution in [3.63, 3.8) is 0 Å². The zero-order chi connectivity index (χ0) is 19.4. The van der Waals surface area contributed by atoms with Crippen molar-refractivity contribution in [3.8, 4) is 0 Å². The second kappa shape index (κ2) is 7.49. The topological polar surface area (TPSA) is 48.6 Å². The lowest BCUT2D eigenvalue weighted by molar-refractivity contribution is 0.0682. The summed E-state index contributed by atoms with van der Waals surface area (Å²) < 4.78 is 35.7. The average Bonchev–Trinajstić information content (AvgIpc) is 3.08. The number of thioether (sulfide) groups is 1. The predicted octanol–water partition coefficient (Wildman–Crippen LogP) is 2.56.